The average Bonchev–Trinajstić information content (AvgIpc) is 3.14. The molecule has 1 heterocycles. The predicted octanol–water partition coefficient (Wildman–Crippen LogP) is 3.42. The van der Waals surface area contributed by atoms with Gasteiger partial charge in [-0.05, 0) is 70.5 Å². The number of guanidine groups is 1. The van der Waals surface area contributed by atoms with Crippen LogP contribution in [0.15, 0.2) is 77.8 Å². The summed E-state index contributed by atoms with van der Waals surface area (Å²) in [5.74, 6) is -1.28. The highest BCUT2D eigenvalue weighted by Crippen LogP contribution is 2.48. The number of hydrogen-bond acceptors (Lipinski definition) is 8. The summed E-state index contributed by atoms with van der Waals surface area (Å²) in [6.07, 6.45) is 4.76. The molecule has 7 N–H and O–H groups in total. The standard InChI is InChI=1S/C40H46N6O7/c1-23(47)44-32-22-27-21-25-13-6-9-16-29(25)34(36(27)52-3)33-28-15-8-5-12-24(28)20-26(35(33)51-2)14-7-10-17-31(39(50)53-4)46-37(48)30(45-38(32)49)18-11-19-43-40(41)42/h5-10,12-13,15-16,20-21,30-32H,11,14,17-19,22H2,1-4H3,(H,44,47)(H,45,49)(H,46,48)(H4,41,42,43)/b10-7-/t30-,31-,32?/m0/s1. The lowest BCUT2D eigenvalue weighted by Crippen LogP contribution is -2.56. The van der Waals surface area contributed by atoms with Gasteiger partial charge in [0.05, 0.1) is 21.3 Å². The van der Waals surface area contributed by atoms with Gasteiger partial charge in [0.2, 0.25) is 17.7 Å². The SMILES string of the molecule is COC(=O)[C@@H]1C/C=C\Cc2cc3ccccc3c(c2OC)-c2c(OC)c(cc3ccccc23)CC(NC(C)=O)C(=O)N[C@@H](CCCN=C(N)N)C(=O)N1. The third-order valence-corrected chi connectivity index (χ3v) is 9.19. The van der Waals surface area contributed by atoms with Crippen LogP contribution in [-0.2, 0) is 36.8 Å². The van der Waals surface area contributed by atoms with Crippen LogP contribution in [0.25, 0.3) is 32.7 Å². The summed E-state index contributed by atoms with van der Waals surface area (Å²) in [7, 11) is 4.44. The molecule has 1 unspecified atom stereocenters. The molecule has 4 aromatic carbocycles. The Hall–Kier alpha value is -6.11. The summed E-state index contributed by atoms with van der Waals surface area (Å²) in [4.78, 5) is 57.4. The van der Waals surface area contributed by atoms with E-state index in [0.29, 0.717) is 29.9 Å². The van der Waals surface area contributed by atoms with E-state index < -0.39 is 41.8 Å². The Labute approximate surface area is 308 Å². The molecule has 0 aliphatic carbocycles. The number of amides is 3. The van der Waals surface area contributed by atoms with E-state index >= 15 is 0 Å². The van der Waals surface area contributed by atoms with Gasteiger partial charge in [-0.3, -0.25) is 19.4 Å². The number of methoxy groups -OCH3 is 3. The Morgan fingerprint density at radius 2 is 1.45 bits per heavy atom. The van der Waals surface area contributed by atoms with E-state index in [9.17, 15) is 19.2 Å². The molecule has 0 saturated carbocycles. The molecule has 1 aliphatic rings. The number of carbonyl (C=O) groups excluding carboxylic acids is 4. The first-order chi connectivity index (χ1) is 25.6. The number of fused-ring (bicyclic) bond motifs is 9. The van der Waals surface area contributed by atoms with Crippen LogP contribution >= 0.6 is 0 Å². The minimum absolute atomic E-state index is 0.0161. The normalized spacial score (nSPS) is 18.5. The van der Waals surface area contributed by atoms with Crippen molar-refractivity contribution in [1.82, 2.24) is 16.0 Å². The second-order valence-electron chi connectivity index (χ2n) is 12.8. The van der Waals surface area contributed by atoms with Crippen LogP contribution in [0, 0.1) is 0 Å². The predicted molar refractivity (Wildman–Crippen MR) is 205 cm³/mol. The van der Waals surface area contributed by atoms with Gasteiger partial charge in [-0.1, -0.05) is 60.7 Å². The smallest absolute Gasteiger partial charge is 0.328 e. The first kappa shape index (κ1) is 38.1. The van der Waals surface area contributed by atoms with Crippen molar-refractivity contribution in [2.75, 3.05) is 27.9 Å². The lowest BCUT2D eigenvalue weighted by atomic mass is 9.87. The maximum atomic E-state index is 14.2. The summed E-state index contributed by atoms with van der Waals surface area (Å²) in [6, 6.07) is 16.6. The second-order valence-corrected chi connectivity index (χ2v) is 12.8. The highest BCUT2D eigenvalue weighted by atomic mass is 16.5. The molecule has 5 rings (SSSR count). The molecule has 1 aliphatic heterocycles. The maximum Gasteiger partial charge on any atom is 0.328 e. The highest BCUT2D eigenvalue weighted by molar-refractivity contribution is 6.11. The minimum atomic E-state index is -1.12. The van der Waals surface area contributed by atoms with Gasteiger partial charge in [0.1, 0.15) is 29.6 Å². The molecule has 0 spiro atoms. The summed E-state index contributed by atoms with van der Waals surface area (Å²) in [5, 5.41) is 12.0. The van der Waals surface area contributed by atoms with Gasteiger partial charge < -0.3 is 41.6 Å². The third-order valence-electron chi connectivity index (χ3n) is 9.19. The van der Waals surface area contributed by atoms with Crippen molar-refractivity contribution in [2.45, 2.75) is 57.2 Å². The number of esters is 1. The van der Waals surface area contributed by atoms with Crippen LogP contribution in [0.1, 0.15) is 37.3 Å². The van der Waals surface area contributed by atoms with Crippen molar-refractivity contribution in [3.8, 4) is 22.6 Å². The molecule has 0 aromatic heterocycles. The number of benzene rings is 4. The van der Waals surface area contributed by atoms with Gasteiger partial charge >= 0.3 is 5.97 Å². The van der Waals surface area contributed by atoms with Crippen LogP contribution in [0.4, 0.5) is 0 Å². The van der Waals surface area contributed by atoms with E-state index in [1.807, 2.05) is 60.7 Å². The summed E-state index contributed by atoms with van der Waals surface area (Å²) < 4.78 is 17.4. The molecule has 3 atom stereocenters. The summed E-state index contributed by atoms with van der Waals surface area (Å²) in [5.41, 5.74) is 14.1. The van der Waals surface area contributed by atoms with Crippen LogP contribution in [0.3, 0.4) is 0 Å². The first-order valence-electron chi connectivity index (χ1n) is 17.4. The number of aliphatic imine (C=N–C) groups is 1. The lowest BCUT2D eigenvalue weighted by molar-refractivity contribution is -0.145. The number of nitrogens with zero attached hydrogens (tertiary/aromatic N) is 1. The summed E-state index contributed by atoms with van der Waals surface area (Å²) in [6.45, 7) is 1.52. The molecule has 4 aromatic rings. The third kappa shape index (κ3) is 8.86. The van der Waals surface area contributed by atoms with E-state index in [1.54, 1.807) is 20.3 Å². The van der Waals surface area contributed by atoms with Crippen molar-refractivity contribution in [2.24, 2.45) is 16.5 Å². The first-order valence-corrected chi connectivity index (χ1v) is 17.4. The quantitative estimate of drug-likeness (QED) is 0.0595. The number of carbonyl (C=O) groups is 4. The number of ether oxygens (including phenoxy) is 3. The van der Waals surface area contributed by atoms with Crippen molar-refractivity contribution in [1.29, 1.82) is 0 Å². The number of nitrogens with two attached hydrogens (primary N) is 2. The van der Waals surface area contributed by atoms with Gasteiger partial charge in [-0.15, -0.1) is 0 Å². The Balaban J connectivity index is 1.75. The fourth-order valence-corrected chi connectivity index (χ4v) is 6.83. The van der Waals surface area contributed by atoms with E-state index in [2.05, 4.69) is 27.0 Å². The minimum Gasteiger partial charge on any atom is -0.496 e. The zero-order valence-corrected chi connectivity index (χ0v) is 30.4. The molecule has 13 nitrogen and oxygen atoms in total. The van der Waals surface area contributed by atoms with Gasteiger partial charge in [0.25, 0.3) is 0 Å². The topological polar surface area (TPSA) is 196 Å². The van der Waals surface area contributed by atoms with Gasteiger partial charge in [-0.25, -0.2) is 4.79 Å². The monoisotopic (exact) mass is 722 g/mol. The molecule has 4 bridgehead atoms. The molecule has 0 saturated heterocycles. The molecule has 0 radical (unpaired) electrons. The summed E-state index contributed by atoms with van der Waals surface area (Å²) >= 11 is 0. The number of hydrogen-bond donors (Lipinski definition) is 5. The number of allylic oxidation sites excluding steroid dienone is 1. The molecule has 0 fully saturated rings. The van der Waals surface area contributed by atoms with Crippen LogP contribution in [0.2, 0.25) is 0 Å². The Morgan fingerprint density at radius 1 is 0.849 bits per heavy atom. The maximum absolute atomic E-state index is 14.2. The van der Waals surface area contributed by atoms with Gasteiger partial charge in [-0.2, -0.15) is 0 Å². The number of nitrogens with one attached hydrogen (secondary N) is 3. The van der Waals surface area contributed by atoms with Crippen LogP contribution < -0.4 is 36.9 Å². The van der Waals surface area contributed by atoms with Crippen molar-refractivity contribution in [3.05, 3.63) is 83.9 Å². The largest absolute Gasteiger partial charge is 0.496 e. The zero-order chi connectivity index (χ0) is 38.1. The van der Waals surface area contributed by atoms with Crippen LogP contribution in [-0.4, -0.2) is 75.7 Å². The van der Waals surface area contributed by atoms with E-state index in [-0.39, 0.29) is 31.8 Å². The Morgan fingerprint density at radius 3 is 2.04 bits per heavy atom. The lowest BCUT2D eigenvalue weighted by Gasteiger charge is -2.26. The second kappa shape index (κ2) is 17.4. The molecule has 3 amide bonds. The van der Waals surface area contributed by atoms with Crippen molar-refractivity contribution in [3.63, 3.8) is 0 Å². The van der Waals surface area contributed by atoms with Crippen molar-refractivity contribution >= 4 is 51.2 Å². The molecule has 278 valence electrons. The fourth-order valence-electron chi connectivity index (χ4n) is 6.83. The molecule has 53 heavy (non-hydrogen) atoms. The van der Waals surface area contributed by atoms with E-state index in [0.717, 1.165) is 38.2 Å². The van der Waals surface area contributed by atoms with Crippen molar-refractivity contribution < 1.29 is 33.4 Å². The van der Waals surface area contributed by atoms with E-state index in [4.69, 9.17) is 25.7 Å². The van der Waals surface area contributed by atoms with Gasteiger partial charge in [0.15, 0.2) is 5.96 Å². The Bertz CT molecular complexity index is 2070. The van der Waals surface area contributed by atoms with Crippen LogP contribution in [0.5, 0.6) is 11.5 Å². The molecule has 13 heteroatoms. The average molecular weight is 723 g/mol. The molecular weight excluding hydrogens is 676 g/mol. The number of rotatable bonds is 8. The highest BCUT2D eigenvalue weighted by Gasteiger charge is 2.31. The van der Waals surface area contributed by atoms with Gasteiger partial charge in [0, 0.05) is 31.0 Å². The Kier molecular flexibility index (Phi) is 12.5. The fraction of sp³-hybridized carbons (Fsp3) is 0.325. The molecular formula is C40H46N6O7. The van der Waals surface area contributed by atoms with E-state index in [1.165, 1.54) is 14.0 Å². The zero-order valence-electron chi connectivity index (χ0n) is 30.4.